The molecule has 0 spiro atoms. The maximum atomic E-state index is 14.0. The van der Waals surface area contributed by atoms with Gasteiger partial charge in [0, 0.05) is 32.7 Å². The number of carbonyl (C=O) groups is 1. The summed E-state index contributed by atoms with van der Waals surface area (Å²) in [5.74, 6) is -0.138. The molecule has 28 heavy (non-hydrogen) atoms. The lowest BCUT2D eigenvalue weighted by Gasteiger charge is -2.36. The number of halogens is 1. The third-order valence-electron chi connectivity index (χ3n) is 5.06. The molecule has 0 bridgehead atoms. The number of hydrogen-bond acceptors (Lipinski definition) is 5. The van der Waals surface area contributed by atoms with Crippen LogP contribution in [0.1, 0.15) is 6.92 Å². The molecule has 4 rings (SSSR count). The van der Waals surface area contributed by atoms with E-state index in [1.807, 2.05) is 48.2 Å². The highest BCUT2D eigenvalue weighted by molar-refractivity contribution is 7.22. The van der Waals surface area contributed by atoms with Gasteiger partial charge in [0.05, 0.1) is 22.4 Å². The standard InChI is InChI=1S/C21H23FN4OS/c1-2-26(21-23-17-8-4-6-10-19(17)28-21)20(27)15-24-11-13-25(14-12-24)18-9-5-3-7-16(18)22/h3-10H,2,11-15H2,1H3. The van der Waals surface area contributed by atoms with E-state index < -0.39 is 0 Å². The van der Waals surface area contributed by atoms with Crippen LogP contribution in [0.25, 0.3) is 10.2 Å². The average Bonchev–Trinajstić information content (AvgIpc) is 3.13. The molecule has 0 radical (unpaired) electrons. The Bertz CT molecular complexity index is 935. The first-order valence-corrected chi connectivity index (χ1v) is 10.3. The summed E-state index contributed by atoms with van der Waals surface area (Å²) in [5, 5.41) is 0.749. The Morgan fingerprint density at radius 2 is 1.82 bits per heavy atom. The predicted octanol–water partition coefficient (Wildman–Crippen LogP) is 3.61. The highest BCUT2D eigenvalue weighted by atomic mass is 32.1. The Labute approximate surface area is 168 Å². The second-order valence-electron chi connectivity index (χ2n) is 6.82. The third kappa shape index (κ3) is 3.86. The second-order valence-corrected chi connectivity index (χ2v) is 7.83. The van der Waals surface area contributed by atoms with Gasteiger partial charge in [0.25, 0.3) is 0 Å². The van der Waals surface area contributed by atoms with Crippen molar-refractivity contribution in [3.8, 4) is 0 Å². The van der Waals surface area contributed by atoms with E-state index in [9.17, 15) is 9.18 Å². The quantitative estimate of drug-likeness (QED) is 0.658. The van der Waals surface area contributed by atoms with Gasteiger partial charge < -0.3 is 4.90 Å². The second kappa shape index (κ2) is 8.24. The molecule has 7 heteroatoms. The average molecular weight is 399 g/mol. The molecule has 0 unspecified atom stereocenters. The van der Waals surface area contributed by atoms with Crippen molar-refractivity contribution >= 4 is 38.3 Å². The Morgan fingerprint density at radius 3 is 2.54 bits per heavy atom. The van der Waals surface area contributed by atoms with Gasteiger partial charge in [-0.15, -0.1) is 0 Å². The molecule has 5 nitrogen and oxygen atoms in total. The Morgan fingerprint density at radius 1 is 1.11 bits per heavy atom. The number of thiazole rings is 1. The number of aromatic nitrogens is 1. The number of fused-ring (bicyclic) bond motifs is 1. The molecular formula is C21H23FN4OS. The van der Waals surface area contributed by atoms with Gasteiger partial charge >= 0.3 is 0 Å². The van der Waals surface area contributed by atoms with Crippen LogP contribution in [0.4, 0.5) is 15.2 Å². The van der Waals surface area contributed by atoms with E-state index in [0.717, 1.165) is 28.4 Å². The zero-order valence-corrected chi connectivity index (χ0v) is 16.7. The topological polar surface area (TPSA) is 39.7 Å². The number of benzene rings is 2. The van der Waals surface area contributed by atoms with Crippen molar-refractivity contribution in [2.75, 3.05) is 49.1 Å². The molecule has 1 saturated heterocycles. The number of carbonyl (C=O) groups excluding carboxylic acids is 1. The molecule has 0 aliphatic carbocycles. The van der Waals surface area contributed by atoms with Crippen molar-refractivity contribution in [3.63, 3.8) is 0 Å². The fourth-order valence-corrected chi connectivity index (χ4v) is 4.57. The largest absolute Gasteiger partial charge is 0.367 e. The van der Waals surface area contributed by atoms with Gasteiger partial charge in [0.15, 0.2) is 5.13 Å². The number of nitrogens with zero attached hydrogens (tertiary/aromatic N) is 4. The van der Waals surface area contributed by atoms with Gasteiger partial charge in [-0.2, -0.15) is 0 Å². The summed E-state index contributed by atoms with van der Waals surface area (Å²) >= 11 is 1.55. The first-order valence-electron chi connectivity index (χ1n) is 9.53. The summed E-state index contributed by atoms with van der Waals surface area (Å²) < 4.78 is 15.1. The molecule has 0 N–H and O–H groups in total. The SMILES string of the molecule is CCN(C(=O)CN1CCN(c2ccccc2F)CC1)c1nc2ccccc2s1. The van der Waals surface area contributed by atoms with E-state index in [-0.39, 0.29) is 11.7 Å². The van der Waals surface area contributed by atoms with Gasteiger partial charge in [0.1, 0.15) is 5.82 Å². The summed E-state index contributed by atoms with van der Waals surface area (Å²) in [6.07, 6.45) is 0. The van der Waals surface area contributed by atoms with E-state index in [1.54, 1.807) is 22.3 Å². The maximum Gasteiger partial charge on any atom is 0.242 e. The van der Waals surface area contributed by atoms with Crippen molar-refractivity contribution in [2.24, 2.45) is 0 Å². The molecule has 146 valence electrons. The summed E-state index contributed by atoms with van der Waals surface area (Å²) in [5.41, 5.74) is 1.56. The predicted molar refractivity (Wildman–Crippen MR) is 113 cm³/mol. The smallest absolute Gasteiger partial charge is 0.242 e. The van der Waals surface area contributed by atoms with Crippen LogP contribution < -0.4 is 9.80 Å². The summed E-state index contributed by atoms with van der Waals surface area (Å²) in [6, 6.07) is 14.8. The lowest BCUT2D eigenvalue weighted by molar-refractivity contribution is -0.119. The van der Waals surface area contributed by atoms with Gasteiger partial charge in [-0.25, -0.2) is 9.37 Å². The van der Waals surface area contributed by atoms with Gasteiger partial charge in [-0.3, -0.25) is 14.6 Å². The lowest BCUT2D eigenvalue weighted by Crippen LogP contribution is -2.50. The minimum absolute atomic E-state index is 0.0564. The third-order valence-corrected chi connectivity index (χ3v) is 6.11. The highest BCUT2D eigenvalue weighted by Crippen LogP contribution is 2.28. The maximum absolute atomic E-state index is 14.0. The van der Waals surface area contributed by atoms with Gasteiger partial charge in [-0.1, -0.05) is 35.6 Å². The fourth-order valence-electron chi connectivity index (χ4n) is 3.53. The van der Waals surface area contributed by atoms with Crippen LogP contribution in [0.2, 0.25) is 0 Å². The highest BCUT2D eigenvalue weighted by Gasteiger charge is 2.24. The zero-order valence-electron chi connectivity index (χ0n) is 15.8. The van der Waals surface area contributed by atoms with Crippen LogP contribution in [0.5, 0.6) is 0 Å². The van der Waals surface area contributed by atoms with E-state index >= 15 is 0 Å². The summed E-state index contributed by atoms with van der Waals surface area (Å²) in [4.78, 5) is 23.5. The monoisotopic (exact) mass is 398 g/mol. The van der Waals surface area contributed by atoms with Crippen LogP contribution in [-0.4, -0.2) is 55.1 Å². The van der Waals surface area contributed by atoms with E-state index in [0.29, 0.717) is 31.9 Å². The molecule has 1 aliphatic rings. The van der Waals surface area contributed by atoms with Crippen LogP contribution in [0.15, 0.2) is 48.5 Å². The minimum atomic E-state index is -0.194. The molecule has 2 heterocycles. The van der Waals surface area contributed by atoms with Crippen LogP contribution in [-0.2, 0) is 4.79 Å². The summed E-state index contributed by atoms with van der Waals surface area (Å²) in [7, 11) is 0. The molecule has 0 saturated carbocycles. The lowest BCUT2D eigenvalue weighted by atomic mass is 10.2. The van der Waals surface area contributed by atoms with Gasteiger partial charge in [-0.05, 0) is 31.2 Å². The molecule has 1 aliphatic heterocycles. The Hall–Kier alpha value is -2.51. The normalized spacial score (nSPS) is 15.1. The first kappa shape index (κ1) is 18.8. The zero-order chi connectivity index (χ0) is 19.5. The van der Waals surface area contributed by atoms with E-state index in [2.05, 4.69) is 9.88 Å². The van der Waals surface area contributed by atoms with E-state index in [1.165, 1.54) is 6.07 Å². The van der Waals surface area contributed by atoms with Crippen molar-refractivity contribution < 1.29 is 9.18 Å². The molecule has 1 amide bonds. The van der Waals surface area contributed by atoms with Crippen molar-refractivity contribution in [1.82, 2.24) is 9.88 Å². The number of para-hydroxylation sites is 2. The van der Waals surface area contributed by atoms with Crippen LogP contribution >= 0.6 is 11.3 Å². The molecule has 2 aromatic carbocycles. The first-order chi connectivity index (χ1) is 13.7. The van der Waals surface area contributed by atoms with Crippen molar-refractivity contribution in [2.45, 2.75) is 6.92 Å². The van der Waals surface area contributed by atoms with Crippen LogP contribution in [0, 0.1) is 5.82 Å². The number of anilines is 2. The summed E-state index contributed by atoms with van der Waals surface area (Å²) in [6.45, 7) is 5.81. The Kier molecular flexibility index (Phi) is 5.54. The fraction of sp³-hybridized carbons (Fsp3) is 0.333. The number of piperazine rings is 1. The van der Waals surface area contributed by atoms with Crippen molar-refractivity contribution in [3.05, 3.63) is 54.3 Å². The molecule has 3 aromatic rings. The molecule has 1 aromatic heterocycles. The van der Waals surface area contributed by atoms with Crippen molar-refractivity contribution in [1.29, 1.82) is 0 Å². The Balaban J connectivity index is 1.38. The molecular weight excluding hydrogens is 375 g/mol. The molecule has 0 atom stereocenters. The van der Waals surface area contributed by atoms with Gasteiger partial charge in [0.2, 0.25) is 5.91 Å². The van der Waals surface area contributed by atoms with Crippen LogP contribution in [0.3, 0.4) is 0 Å². The molecule has 1 fully saturated rings. The number of hydrogen-bond donors (Lipinski definition) is 0. The minimum Gasteiger partial charge on any atom is -0.367 e. The number of likely N-dealkylation sites (N-methyl/N-ethyl adjacent to an activating group) is 1. The number of amides is 1. The number of rotatable bonds is 5. The van der Waals surface area contributed by atoms with E-state index in [4.69, 9.17) is 0 Å².